The summed E-state index contributed by atoms with van der Waals surface area (Å²) in [5.41, 5.74) is 4.67. The van der Waals surface area contributed by atoms with E-state index in [1.807, 2.05) is 25.5 Å². The van der Waals surface area contributed by atoms with E-state index in [2.05, 4.69) is 16.5 Å². The van der Waals surface area contributed by atoms with Crippen LogP contribution in [0.25, 0.3) is 0 Å². The number of nitrogens with one attached hydrogen (secondary N) is 1. The third kappa shape index (κ3) is 2.82. The van der Waals surface area contributed by atoms with Crippen LogP contribution in [0, 0.1) is 0 Å². The summed E-state index contributed by atoms with van der Waals surface area (Å²) < 4.78 is 0.897. The van der Waals surface area contributed by atoms with E-state index in [9.17, 15) is 0 Å². The molecule has 1 aromatic rings. The molecular formula is C10H18Cl2N3+. The molecule has 0 amide bonds. The molecule has 2 heterocycles. The van der Waals surface area contributed by atoms with Gasteiger partial charge in [0, 0.05) is 32.2 Å². The molecule has 1 saturated heterocycles. The lowest BCUT2D eigenvalue weighted by atomic mass is 10.3. The van der Waals surface area contributed by atoms with Crippen LogP contribution in [0.3, 0.4) is 0 Å². The van der Waals surface area contributed by atoms with Gasteiger partial charge in [-0.2, -0.15) is 5.43 Å². The van der Waals surface area contributed by atoms with Crippen molar-refractivity contribution in [3.05, 3.63) is 24.5 Å². The van der Waals surface area contributed by atoms with Gasteiger partial charge in [0.05, 0.1) is 6.20 Å². The van der Waals surface area contributed by atoms with E-state index in [-0.39, 0.29) is 24.8 Å². The Morgan fingerprint density at radius 1 is 1.27 bits per heavy atom. The fourth-order valence-corrected chi connectivity index (χ4v) is 2.09. The molecule has 1 fully saturated rings. The molecule has 0 atom stereocenters. The van der Waals surface area contributed by atoms with Crippen LogP contribution in [-0.4, -0.2) is 25.1 Å². The van der Waals surface area contributed by atoms with Gasteiger partial charge in [-0.15, -0.1) is 24.8 Å². The standard InChI is InChI=1S/C10H16N3.2ClH/c1-11-13(7-2-3-8-13)10-5-4-6-12-9-10;;/h4-6,9,11H,2-3,7-8H2,1H3;2*1H/q+1;;. The van der Waals surface area contributed by atoms with Gasteiger partial charge < -0.3 is 0 Å². The van der Waals surface area contributed by atoms with Crippen LogP contribution in [0.15, 0.2) is 24.5 Å². The molecule has 0 aliphatic carbocycles. The smallest absolute Gasteiger partial charge is 0.170 e. The molecule has 0 spiro atoms. The maximum Gasteiger partial charge on any atom is 0.170 e. The fraction of sp³-hybridized carbons (Fsp3) is 0.500. The normalized spacial score (nSPS) is 17.7. The number of rotatable bonds is 2. The van der Waals surface area contributed by atoms with E-state index < -0.39 is 0 Å². The first-order chi connectivity index (χ1) is 6.37. The van der Waals surface area contributed by atoms with Gasteiger partial charge >= 0.3 is 0 Å². The highest BCUT2D eigenvalue weighted by Crippen LogP contribution is 2.25. The molecule has 1 aliphatic heterocycles. The second-order valence-electron chi connectivity index (χ2n) is 3.56. The van der Waals surface area contributed by atoms with Crippen molar-refractivity contribution in [3.8, 4) is 0 Å². The number of hydrogen-bond donors (Lipinski definition) is 1. The predicted molar refractivity (Wildman–Crippen MR) is 68.6 cm³/mol. The Morgan fingerprint density at radius 2 is 1.93 bits per heavy atom. The summed E-state index contributed by atoms with van der Waals surface area (Å²) >= 11 is 0. The van der Waals surface area contributed by atoms with Crippen LogP contribution in [0.2, 0.25) is 0 Å². The van der Waals surface area contributed by atoms with Gasteiger partial charge in [-0.05, 0) is 6.07 Å². The highest BCUT2D eigenvalue weighted by molar-refractivity contribution is 5.85. The van der Waals surface area contributed by atoms with Gasteiger partial charge in [-0.25, -0.2) is 4.59 Å². The van der Waals surface area contributed by atoms with E-state index in [4.69, 9.17) is 0 Å². The Labute approximate surface area is 103 Å². The predicted octanol–water partition coefficient (Wildman–Crippen LogP) is 2.16. The van der Waals surface area contributed by atoms with E-state index in [1.54, 1.807) is 0 Å². The molecule has 0 radical (unpaired) electrons. The maximum atomic E-state index is 4.17. The number of hydrogen-bond acceptors (Lipinski definition) is 2. The number of pyridine rings is 1. The van der Waals surface area contributed by atoms with Crippen LogP contribution < -0.4 is 10.0 Å². The molecule has 0 unspecified atom stereocenters. The minimum atomic E-state index is 0. The van der Waals surface area contributed by atoms with E-state index >= 15 is 0 Å². The molecular weight excluding hydrogens is 233 g/mol. The van der Waals surface area contributed by atoms with Crippen molar-refractivity contribution in [3.63, 3.8) is 0 Å². The Bertz CT molecular complexity index is 273. The molecule has 3 nitrogen and oxygen atoms in total. The van der Waals surface area contributed by atoms with Gasteiger partial charge in [-0.3, -0.25) is 4.98 Å². The molecule has 2 rings (SSSR count). The highest BCUT2D eigenvalue weighted by Gasteiger charge is 2.33. The lowest BCUT2D eigenvalue weighted by Gasteiger charge is -2.30. The van der Waals surface area contributed by atoms with Gasteiger partial charge in [0.15, 0.2) is 5.69 Å². The number of nitrogens with zero attached hydrogens (tertiary/aromatic N) is 2. The average molecular weight is 251 g/mol. The van der Waals surface area contributed by atoms with Crippen LogP contribution in [0.5, 0.6) is 0 Å². The zero-order valence-electron chi connectivity index (χ0n) is 8.85. The zero-order valence-corrected chi connectivity index (χ0v) is 10.5. The third-order valence-electron chi connectivity index (χ3n) is 2.90. The highest BCUT2D eigenvalue weighted by atomic mass is 35.5. The van der Waals surface area contributed by atoms with Gasteiger partial charge in [0.2, 0.25) is 0 Å². The van der Waals surface area contributed by atoms with Crippen LogP contribution in [0.1, 0.15) is 12.8 Å². The van der Waals surface area contributed by atoms with E-state index in [1.165, 1.54) is 31.6 Å². The second-order valence-corrected chi connectivity index (χ2v) is 3.56. The van der Waals surface area contributed by atoms with E-state index in [0.717, 1.165) is 4.59 Å². The number of aromatic nitrogens is 1. The second kappa shape index (κ2) is 6.28. The topological polar surface area (TPSA) is 24.9 Å². The first-order valence-electron chi connectivity index (χ1n) is 4.84. The Kier molecular flexibility index (Phi) is 6.13. The van der Waals surface area contributed by atoms with Gasteiger partial charge in [0.25, 0.3) is 0 Å². The Hall–Kier alpha value is -0.350. The summed E-state index contributed by atoms with van der Waals surface area (Å²) in [6.07, 6.45) is 6.39. The quantitative estimate of drug-likeness (QED) is 0.815. The summed E-state index contributed by atoms with van der Waals surface area (Å²) in [7, 11) is 2.03. The molecule has 15 heavy (non-hydrogen) atoms. The lowest BCUT2D eigenvalue weighted by molar-refractivity contribution is 0.259. The number of quaternary nitrogens is 1. The van der Waals surface area contributed by atoms with Crippen molar-refractivity contribution in [1.29, 1.82) is 0 Å². The average Bonchev–Trinajstić information content (AvgIpc) is 2.69. The summed E-state index contributed by atoms with van der Waals surface area (Å²) in [6, 6.07) is 4.15. The SMILES string of the molecule is CN[N+]1(c2cccnc2)CCCC1.Cl.Cl. The van der Waals surface area contributed by atoms with Crippen LogP contribution in [0.4, 0.5) is 5.69 Å². The van der Waals surface area contributed by atoms with Crippen LogP contribution >= 0.6 is 24.8 Å². The molecule has 1 aliphatic rings. The summed E-state index contributed by atoms with van der Waals surface area (Å²) in [6.45, 7) is 2.37. The molecule has 5 heteroatoms. The minimum absolute atomic E-state index is 0. The minimum Gasteiger partial charge on any atom is -0.258 e. The fourth-order valence-electron chi connectivity index (χ4n) is 2.09. The van der Waals surface area contributed by atoms with Crippen molar-refractivity contribution in [1.82, 2.24) is 15.0 Å². The lowest BCUT2D eigenvalue weighted by Crippen LogP contribution is -2.55. The van der Waals surface area contributed by atoms with Gasteiger partial charge in [0.1, 0.15) is 13.1 Å². The molecule has 0 aromatic carbocycles. The summed E-state index contributed by atoms with van der Waals surface area (Å²) in [5.74, 6) is 0. The maximum absolute atomic E-state index is 4.17. The molecule has 0 bridgehead atoms. The first kappa shape index (κ1) is 14.6. The van der Waals surface area contributed by atoms with Gasteiger partial charge in [-0.1, -0.05) is 0 Å². The van der Waals surface area contributed by atoms with Crippen molar-refractivity contribution >= 4 is 30.5 Å². The van der Waals surface area contributed by atoms with Crippen molar-refractivity contribution in [2.75, 3.05) is 20.1 Å². The van der Waals surface area contributed by atoms with Crippen molar-refractivity contribution in [2.24, 2.45) is 0 Å². The monoisotopic (exact) mass is 250 g/mol. The third-order valence-corrected chi connectivity index (χ3v) is 2.90. The van der Waals surface area contributed by atoms with Crippen molar-refractivity contribution < 1.29 is 0 Å². The molecule has 1 aromatic heterocycles. The molecule has 86 valence electrons. The molecule has 0 saturated carbocycles. The van der Waals surface area contributed by atoms with Crippen LogP contribution in [-0.2, 0) is 0 Å². The Balaban J connectivity index is 0.000000980. The summed E-state index contributed by atoms with van der Waals surface area (Å²) in [5, 5.41) is 0. The Morgan fingerprint density at radius 3 is 2.40 bits per heavy atom. The zero-order chi connectivity index (χ0) is 9.15. The summed E-state index contributed by atoms with van der Waals surface area (Å²) in [4.78, 5) is 4.17. The largest absolute Gasteiger partial charge is 0.258 e. The first-order valence-corrected chi connectivity index (χ1v) is 4.84. The number of halogens is 2. The molecule has 1 N–H and O–H groups in total. The van der Waals surface area contributed by atoms with Crippen molar-refractivity contribution in [2.45, 2.75) is 12.8 Å². The van der Waals surface area contributed by atoms with E-state index in [0.29, 0.717) is 0 Å².